The van der Waals surface area contributed by atoms with E-state index in [9.17, 15) is 4.79 Å². The summed E-state index contributed by atoms with van der Waals surface area (Å²) < 4.78 is 0. The van der Waals surface area contributed by atoms with Crippen molar-refractivity contribution in [3.8, 4) is 11.8 Å². The number of benzene rings is 1. The lowest BCUT2D eigenvalue weighted by Crippen LogP contribution is -2.40. The highest BCUT2D eigenvalue weighted by Gasteiger charge is 2.13. The lowest BCUT2D eigenvalue weighted by Gasteiger charge is -2.19. The van der Waals surface area contributed by atoms with Gasteiger partial charge in [0.1, 0.15) is 0 Å². The first-order valence-corrected chi connectivity index (χ1v) is 6.93. The molecule has 0 spiro atoms. The molecule has 1 N–H and O–H groups in total. The predicted molar refractivity (Wildman–Crippen MR) is 76.8 cm³/mol. The molecule has 3 heteroatoms. The Balaban J connectivity index is 1.76. The molecule has 19 heavy (non-hydrogen) atoms. The minimum Gasteiger partial charge on any atom is -0.327 e. The lowest BCUT2D eigenvalue weighted by atomic mass is 10.2. The van der Waals surface area contributed by atoms with E-state index in [1.807, 2.05) is 35.2 Å². The summed E-state index contributed by atoms with van der Waals surface area (Å²) >= 11 is 0. The van der Waals surface area contributed by atoms with Crippen LogP contribution in [0.1, 0.15) is 31.2 Å². The van der Waals surface area contributed by atoms with E-state index in [4.69, 9.17) is 0 Å². The first-order valence-electron chi connectivity index (χ1n) is 6.93. The third-order valence-electron chi connectivity index (χ3n) is 3.23. The van der Waals surface area contributed by atoms with Crippen LogP contribution in [0.2, 0.25) is 0 Å². The SMILES string of the molecule is O=C(NCC#Cc1ccccc1)N1CCCCCC1. The first-order chi connectivity index (χ1) is 9.36. The van der Waals surface area contributed by atoms with E-state index in [1.165, 1.54) is 12.8 Å². The minimum absolute atomic E-state index is 0.0178. The van der Waals surface area contributed by atoms with E-state index in [0.29, 0.717) is 6.54 Å². The van der Waals surface area contributed by atoms with Crippen LogP contribution in [0.15, 0.2) is 30.3 Å². The maximum absolute atomic E-state index is 11.9. The molecule has 2 amide bonds. The molecule has 1 aliphatic rings. The van der Waals surface area contributed by atoms with Crippen LogP contribution >= 0.6 is 0 Å². The summed E-state index contributed by atoms with van der Waals surface area (Å²) in [4.78, 5) is 13.8. The van der Waals surface area contributed by atoms with Crippen LogP contribution in [0.5, 0.6) is 0 Å². The van der Waals surface area contributed by atoms with Crippen molar-refractivity contribution in [3.63, 3.8) is 0 Å². The Kier molecular flexibility index (Phi) is 5.31. The van der Waals surface area contributed by atoms with Crippen LogP contribution in [0.3, 0.4) is 0 Å². The van der Waals surface area contributed by atoms with E-state index < -0.39 is 0 Å². The maximum atomic E-state index is 11.9. The van der Waals surface area contributed by atoms with Crippen molar-refractivity contribution in [2.45, 2.75) is 25.7 Å². The van der Waals surface area contributed by atoms with Crippen LogP contribution < -0.4 is 5.32 Å². The fourth-order valence-corrected chi connectivity index (χ4v) is 2.17. The molecule has 100 valence electrons. The monoisotopic (exact) mass is 256 g/mol. The average molecular weight is 256 g/mol. The Labute approximate surface area is 115 Å². The highest BCUT2D eigenvalue weighted by molar-refractivity contribution is 5.74. The number of amides is 2. The second-order valence-electron chi connectivity index (χ2n) is 4.73. The van der Waals surface area contributed by atoms with Crippen molar-refractivity contribution in [2.24, 2.45) is 0 Å². The second-order valence-corrected chi connectivity index (χ2v) is 4.73. The third kappa shape index (κ3) is 4.67. The van der Waals surface area contributed by atoms with Crippen molar-refractivity contribution in [1.29, 1.82) is 0 Å². The number of rotatable bonds is 1. The molecule has 1 aliphatic heterocycles. The number of hydrogen-bond donors (Lipinski definition) is 1. The molecular formula is C16H20N2O. The van der Waals surface area contributed by atoms with Crippen molar-refractivity contribution >= 4 is 6.03 Å². The third-order valence-corrected chi connectivity index (χ3v) is 3.23. The minimum atomic E-state index is 0.0178. The van der Waals surface area contributed by atoms with E-state index in [1.54, 1.807) is 0 Å². The van der Waals surface area contributed by atoms with Gasteiger partial charge < -0.3 is 10.2 Å². The number of carbonyl (C=O) groups excluding carboxylic acids is 1. The normalized spacial score (nSPS) is 15.1. The molecule has 0 atom stereocenters. The summed E-state index contributed by atoms with van der Waals surface area (Å²) in [6, 6.07) is 9.82. The van der Waals surface area contributed by atoms with Gasteiger partial charge in [0.2, 0.25) is 0 Å². The van der Waals surface area contributed by atoms with Crippen molar-refractivity contribution in [1.82, 2.24) is 10.2 Å². The Morgan fingerprint density at radius 3 is 2.47 bits per heavy atom. The van der Waals surface area contributed by atoms with Gasteiger partial charge in [0.15, 0.2) is 0 Å². The van der Waals surface area contributed by atoms with Gasteiger partial charge in [0, 0.05) is 18.7 Å². The number of hydrogen-bond acceptors (Lipinski definition) is 1. The molecule has 2 rings (SSSR count). The molecule has 1 aromatic rings. The molecular weight excluding hydrogens is 236 g/mol. The summed E-state index contributed by atoms with van der Waals surface area (Å²) in [5.41, 5.74) is 0.978. The van der Waals surface area contributed by atoms with E-state index in [-0.39, 0.29) is 6.03 Å². The van der Waals surface area contributed by atoms with Gasteiger partial charge in [-0.3, -0.25) is 0 Å². The van der Waals surface area contributed by atoms with Crippen LogP contribution in [0.4, 0.5) is 4.79 Å². The molecule has 0 saturated carbocycles. The number of nitrogens with zero attached hydrogens (tertiary/aromatic N) is 1. The van der Waals surface area contributed by atoms with Crippen LogP contribution in [0.25, 0.3) is 0 Å². The Morgan fingerprint density at radius 2 is 1.79 bits per heavy atom. The van der Waals surface area contributed by atoms with Crippen molar-refractivity contribution in [3.05, 3.63) is 35.9 Å². The summed E-state index contributed by atoms with van der Waals surface area (Å²) in [7, 11) is 0. The van der Waals surface area contributed by atoms with Gasteiger partial charge in [-0.15, -0.1) is 0 Å². The molecule has 0 aliphatic carbocycles. The van der Waals surface area contributed by atoms with E-state index >= 15 is 0 Å². The van der Waals surface area contributed by atoms with Gasteiger partial charge >= 0.3 is 6.03 Å². The quantitative estimate of drug-likeness (QED) is 0.770. The van der Waals surface area contributed by atoms with Crippen LogP contribution in [0, 0.1) is 11.8 Å². The molecule has 1 heterocycles. The van der Waals surface area contributed by atoms with Gasteiger partial charge in [-0.2, -0.15) is 0 Å². The molecule has 0 aromatic heterocycles. The Hall–Kier alpha value is -1.95. The average Bonchev–Trinajstić information content (AvgIpc) is 2.73. The van der Waals surface area contributed by atoms with Gasteiger partial charge in [-0.05, 0) is 25.0 Å². The highest BCUT2D eigenvalue weighted by Crippen LogP contribution is 2.09. The largest absolute Gasteiger partial charge is 0.327 e. The standard InChI is InChI=1S/C16H20N2O/c19-16(18-13-6-1-2-7-14-18)17-12-8-11-15-9-4-3-5-10-15/h3-5,9-10H,1-2,6-7,12-14H2,(H,17,19). The zero-order chi connectivity index (χ0) is 13.3. The van der Waals surface area contributed by atoms with Gasteiger partial charge in [0.05, 0.1) is 6.54 Å². The van der Waals surface area contributed by atoms with Gasteiger partial charge in [0.25, 0.3) is 0 Å². The molecule has 3 nitrogen and oxygen atoms in total. The Morgan fingerprint density at radius 1 is 1.11 bits per heavy atom. The van der Waals surface area contributed by atoms with E-state index in [2.05, 4.69) is 17.2 Å². The molecule has 1 fully saturated rings. The van der Waals surface area contributed by atoms with Crippen LogP contribution in [-0.2, 0) is 0 Å². The zero-order valence-electron chi connectivity index (χ0n) is 11.2. The first kappa shape index (κ1) is 13.5. The molecule has 1 aromatic carbocycles. The smallest absolute Gasteiger partial charge is 0.318 e. The number of carbonyl (C=O) groups is 1. The fraction of sp³-hybridized carbons (Fsp3) is 0.438. The van der Waals surface area contributed by atoms with E-state index in [0.717, 1.165) is 31.5 Å². The lowest BCUT2D eigenvalue weighted by molar-refractivity contribution is 0.201. The molecule has 0 unspecified atom stereocenters. The second kappa shape index (κ2) is 7.48. The molecule has 0 bridgehead atoms. The number of nitrogens with one attached hydrogen (secondary N) is 1. The van der Waals surface area contributed by atoms with Crippen molar-refractivity contribution < 1.29 is 4.79 Å². The molecule has 1 saturated heterocycles. The predicted octanol–water partition coefficient (Wildman–Crippen LogP) is 2.62. The fourth-order valence-electron chi connectivity index (χ4n) is 2.17. The number of likely N-dealkylation sites (tertiary alicyclic amines) is 1. The van der Waals surface area contributed by atoms with Crippen LogP contribution in [-0.4, -0.2) is 30.6 Å². The molecule has 0 radical (unpaired) electrons. The van der Waals surface area contributed by atoms with Gasteiger partial charge in [-0.1, -0.05) is 42.9 Å². The van der Waals surface area contributed by atoms with Crippen molar-refractivity contribution in [2.75, 3.05) is 19.6 Å². The zero-order valence-corrected chi connectivity index (χ0v) is 11.2. The summed E-state index contributed by atoms with van der Waals surface area (Å²) in [6.07, 6.45) is 4.70. The summed E-state index contributed by atoms with van der Waals surface area (Å²) in [6.45, 7) is 2.15. The number of urea groups is 1. The summed E-state index contributed by atoms with van der Waals surface area (Å²) in [5, 5.41) is 2.86. The highest BCUT2D eigenvalue weighted by atomic mass is 16.2. The van der Waals surface area contributed by atoms with Gasteiger partial charge in [-0.25, -0.2) is 4.79 Å². The maximum Gasteiger partial charge on any atom is 0.318 e. The Bertz CT molecular complexity index is 451. The topological polar surface area (TPSA) is 32.3 Å². The summed E-state index contributed by atoms with van der Waals surface area (Å²) in [5.74, 6) is 6.01.